The third-order valence-electron chi connectivity index (χ3n) is 2.67. The number of nitrogens with two attached hydrogens (primary N) is 1. The maximum atomic E-state index is 5.77. The van der Waals surface area contributed by atoms with Gasteiger partial charge in [-0.3, -0.25) is 0 Å². The molecule has 0 radical (unpaired) electrons. The molecule has 2 rings (SSSR count). The SMILES string of the molecule is COc1c(N)ncnc1-c1ccc(C)cc1C. The van der Waals surface area contributed by atoms with Crippen LogP contribution in [0.25, 0.3) is 11.3 Å². The molecule has 4 nitrogen and oxygen atoms in total. The van der Waals surface area contributed by atoms with Crippen LogP contribution in [-0.4, -0.2) is 17.1 Å². The highest BCUT2D eigenvalue weighted by Gasteiger charge is 2.13. The van der Waals surface area contributed by atoms with Crippen LogP contribution in [0.1, 0.15) is 11.1 Å². The first-order chi connectivity index (χ1) is 8.13. The van der Waals surface area contributed by atoms with Crippen LogP contribution in [0, 0.1) is 13.8 Å². The van der Waals surface area contributed by atoms with Gasteiger partial charge in [-0.2, -0.15) is 0 Å². The van der Waals surface area contributed by atoms with Crippen LogP contribution in [0.3, 0.4) is 0 Å². The smallest absolute Gasteiger partial charge is 0.187 e. The Kier molecular flexibility index (Phi) is 2.95. The molecule has 1 aromatic carbocycles. The number of methoxy groups -OCH3 is 1. The lowest BCUT2D eigenvalue weighted by Crippen LogP contribution is -2.00. The van der Waals surface area contributed by atoms with E-state index in [0.29, 0.717) is 11.6 Å². The predicted octanol–water partition coefficient (Wildman–Crippen LogP) is 2.35. The molecular formula is C13H15N3O. The lowest BCUT2D eigenvalue weighted by atomic mass is 10.0. The van der Waals surface area contributed by atoms with Gasteiger partial charge in [0.2, 0.25) is 0 Å². The summed E-state index contributed by atoms with van der Waals surface area (Å²) in [7, 11) is 1.57. The number of nitrogens with zero attached hydrogens (tertiary/aromatic N) is 2. The van der Waals surface area contributed by atoms with Crippen molar-refractivity contribution in [1.29, 1.82) is 0 Å². The van der Waals surface area contributed by atoms with Crippen molar-refractivity contribution in [1.82, 2.24) is 9.97 Å². The minimum absolute atomic E-state index is 0.359. The molecule has 0 saturated heterocycles. The normalized spacial score (nSPS) is 10.3. The van der Waals surface area contributed by atoms with E-state index in [1.54, 1.807) is 7.11 Å². The summed E-state index contributed by atoms with van der Waals surface area (Å²) in [6, 6.07) is 6.17. The van der Waals surface area contributed by atoms with Gasteiger partial charge in [0, 0.05) is 5.56 Å². The largest absolute Gasteiger partial charge is 0.491 e. The maximum Gasteiger partial charge on any atom is 0.187 e. The average molecular weight is 229 g/mol. The second kappa shape index (κ2) is 4.41. The lowest BCUT2D eigenvalue weighted by molar-refractivity contribution is 0.415. The van der Waals surface area contributed by atoms with Gasteiger partial charge in [-0.15, -0.1) is 0 Å². The molecule has 4 heteroatoms. The van der Waals surface area contributed by atoms with Gasteiger partial charge in [0.25, 0.3) is 0 Å². The Morgan fingerprint density at radius 1 is 1.18 bits per heavy atom. The van der Waals surface area contributed by atoms with Crippen LogP contribution >= 0.6 is 0 Å². The van der Waals surface area contributed by atoms with Crippen LogP contribution in [0.2, 0.25) is 0 Å². The number of aromatic nitrogens is 2. The molecule has 0 unspecified atom stereocenters. The van der Waals surface area contributed by atoms with Gasteiger partial charge in [-0.1, -0.05) is 23.8 Å². The van der Waals surface area contributed by atoms with E-state index in [2.05, 4.69) is 23.0 Å². The molecule has 88 valence electrons. The molecule has 1 aromatic heterocycles. The molecule has 0 amide bonds. The van der Waals surface area contributed by atoms with Crippen molar-refractivity contribution < 1.29 is 4.74 Å². The summed E-state index contributed by atoms with van der Waals surface area (Å²) in [5.41, 5.74) is 9.88. The van der Waals surface area contributed by atoms with Crippen LogP contribution < -0.4 is 10.5 Å². The van der Waals surface area contributed by atoms with Crippen LogP contribution in [-0.2, 0) is 0 Å². The number of anilines is 1. The quantitative estimate of drug-likeness (QED) is 0.858. The topological polar surface area (TPSA) is 61.0 Å². The Morgan fingerprint density at radius 2 is 1.94 bits per heavy atom. The number of nitrogen functional groups attached to an aromatic ring is 1. The van der Waals surface area contributed by atoms with Crippen molar-refractivity contribution >= 4 is 5.82 Å². The summed E-state index contributed by atoms with van der Waals surface area (Å²) < 4.78 is 5.27. The van der Waals surface area contributed by atoms with Gasteiger partial charge in [-0.25, -0.2) is 9.97 Å². The lowest BCUT2D eigenvalue weighted by Gasteiger charge is -2.11. The summed E-state index contributed by atoms with van der Waals surface area (Å²) >= 11 is 0. The fourth-order valence-corrected chi connectivity index (χ4v) is 1.86. The molecule has 0 atom stereocenters. The number of hydrogen-bond acceptors (Lipinski definition) is 4. The first kappa shape index (κ1) is 11.4. The van der Waals surface area contributed by atoms with Crippen LogP contribution in [0.5, 0.6) is 5.75 Å². The minimum Gasteiger partial charge on any atom is -0.491 e. The second-order valence-electron chi connectivity index (χ2n) is 3.96. The average Bonchev–Trinajstić information content (AvgIpc) is 2.29. The Labute approximate surface area is 100 Å². The predicted molar refractivity (Wildman–Crippen MR) is 67.9 cm³/mol. The van der Waals surface area contributed by atoms with E-state index >= 15 is 0 Å². The molecular weight excluding hydrogens is 214 g/mol. The number of ether oxygens (including phenoxy) is 1. The first-order valence-corrected chi connectivity index (χ1v) is 5.35. The van der Waals surface area contributed by atoms with Crippen molar-refractivity contribution in [3.05, 3.63) is 35.7 Å². The molecule has 0 bridgehead atoms. The van der Waals surface area contributed by atoms with Gasteiger partial charge < -0.3 is 10.5 Å². The third kappa shape index (κ3) is 2.06. The van der Waals surface area contributed by atoms with Crippen molar-refractivity contribution in [2.75, 3.05) is 12.8 Å². The van der Waals surface area contributed by atoms with E-state index in [0.717, 1.165) is 16.8 Å². The Balaban J connectivity index is 2.64. The van der Waals surface area contributed by atoms with Gasteiger partial charge in [0.05, 0.1) is 7.11 Å². The summed E-state index contributed by atoms with van der Waals surface area (Å²) in [5, 5.41) is 0. The Hall–Kier alpha value is -2.10. The fraction of sp³-hybridized carbons (Fsp3) is 0.231. The molecule has 0 fully saturated rings. The molecule has 0 aliphatic carbocycles. The van der Waals surface area contributed by atoms with Crippen molar-refractivity contribution in [2.24, 2.45) is 0 Å². The Morgan fingerprint density at radius 3 is 2.59 bits per heavy atom. The van der Waals surface area contributed by atoms with Gasteiger partial charge in [0.1, 0.15) is 12.0 Å². The minimum atomic E-state index is 0.359. The highest BCUT2D eigenvalue weighted by Crippen LogP contribution is 2.33. The highest BCUT2D eigenvalue weighted by molar-refractivity contribution is 5.74. The summed E-state index contributed by atoms with van der Waals surface area (Å²) in [6.07, 6.45) is 1.45. The van der Waals surface area contributed by atoms with Crippen molar-refractivity contribution in [2.45, 2.75) is 13.8 Å². The maximum absolute atomic E-state index is 5.77. The molecule has 0 spiro atoms. The molecule has 1 heterocycles. The van der Waals surface area contributed by atoms with E-state index in [9.17, 15) is 0 Å². The Bertz CT molecular complexity index is 552. The zero-order valence-corrected chi connectivity index (χ0v) is 10.2. The first-order valence-electron chi connectivity index (χ1n) is 5.35. The van der Waals surface area contributed by atoms with E-state index in [1.165, 1.54) is 11.9 Å². The molecule has 2 N–H and O–H groups in total. The van der Waals surface area contributed by atoms with E-state index in [1.807, 2.05) is 19.1 Å². The zero-order chi connectivity index (χ0) is 12.4. The van der Waals surface area contributed by atoms with Gasteiger partial charge >= 0.3 is 0 Å². The monoisotopic (exact) mass is 229 g/mol. The van der Waals surface area contributed by atoms with E-state index in [-0.39, 0.29) is 0 Å². The third-order valence-corrected chi connectivity index (χ3v) is 2.67. The molecule has 0 aliphatic rings. The highest BCUT2D eigenvalue weighted by atomic mass is 16.5. The summed E-state index contributed by atoms with van der Waals surface area (Å²) in [5.74, 6) is 0.886. The number of benzene rings is 1. The van der Waals surface area contributed by atoms with Crippen molar-refractivity contribution in [3.63, 3.8) is 0 Å². The molecule has 0 aliphatic heterocycles. The molecule has 0 saturated carbocycles. The van der Waals surface area contributed by atoms with E-state index < -0.39 is 0 Å². The van der Waals surface area contributed by atoms with Crippen molar-refractivity contribution in [3.8, 4) is 17.0 Å². The fourth-order valence-electron chi connectivity index (χ4n) is 1.86. The second-order valence-corrected chi connectivity index (χ2v) is 3.96. The molecule has 2 aromatic rings. The van der Waals surface area contributed by atoms with Gasteiger partial charge in [-0.05, 0) is 19.4 Å². The number of rotatable bonds is 2. The summed E-state index contributed by atoms with van der Waals surface area (Å²) in [6.45, 7) is 4.10. The van der Waals surface area contributed by atoms with Crippen LogP contribution in [0.15, 0.2) is 24.5 Å². The zero-order valence-electron chi connectivity index (χ0n) is 10.2. The number of aryl methyl sites for hydroxylation is 2. The van der Waals surface area contributed by atoms with Gasteiger partial charge in [0.15, 0.2) is 11.6 Å². The van der Waals surface area contributed by atoms with E-state index in [4.69, 9.17) is 10.5 Å². The standard InChI is InChI=1S/C13H15N3O/c1-8-4-5-10(9(2)6-8)11-12(17-3)13(14)16-7-15-11/h4-7H,1-3H3,(H2,14,15,16). The van der Waals surface area contributed by atoms with Crippen LogP contribution in [0.4, 0.5) is 5.82 Å². The summed E-state index contributed by atoms with van der Waals surface area (Å²) in [4.78, 5) is 8.18. The molecule has 17 heavy (non-hydrogen) atoms. The number of hydrogen-bond donors (Lipinski definition) is 1.